The number of phosphoric ester groups is 1. The van der Waals surface area contributed by atoms with Gasteiger partial charge in [-0.15, -0.1) is 0 Å². The first-order valence-electron chi connectivity index (χ1n) is 22.0. The van der Waals surface area contributed by atoms with E-state index in [0.717, 1.165) is 64.2 Å². The Balaban J connectivity index is 2.31. The van der Waals surface area contributed by atoms with Gasteiger partial charge in [-0.1, -0.05) is 132 Å². The summed E-state index contributed by atoms with van der Waals surface area (Å²) in [6.45, 7) is 2.21. The van der Waals surface area contributed by atoms with Crippen LogP contribution >= 0.6 is 7.82 Å². The van der Waals surface area contributed by atoms with Crippen LogP contribution in [0.1, 0.15) is 155 Å². The number of carbonyl (C=O) groups is 2. The maximum Gasteiger partial charge on any atom is 0.472 e. The standard InChI is InChI=1S/C46H77O11P/c1-3-5-7-8-9-10-11-12-13-14-15-16-17-21-24-27-31-35-45(49)53-39-42(40-55-58(51,52)54-38-41(48)37-47)56-46(50)36-32-28-25-22-19-18-20-23-26-30-34-44-43(57-44)33-29-6-4-2/h9-10,12-13,15-16,18,20,22,25-26,30,41-44,47-48H,3-8,11,14,17,19,21,23-24,27-29,31-40H2,1-2H3,(H,51,52)/b10-9-,13-12-,16-15-,20-18-,25-22-,30-26-/t41-,42+,43?,44?/m0/s1. The van der Waals surface area contributed by atoms with E-state index in [1.807, 2.05) is 12.2 Å². The lowest BCUT2D eigenvalue weighted by molar-refractivity contribution is -0.161. The smallest absolute Gasteiger partial charge is 0.462 e. The van der Waals surface area contributed by atoms with Crippen LogP contribution in [0.2, 0.25) is 0 Å². The van der Waals surface area contributed by atoms with Crippen LogP contribution in [0.5, 0.6) is 0 Å². The predicted octanol–water partition coefficient (Wildman–Crippen LogP) is 10.7. The minimum atomic E-state index is -4.65. The van der Waals surface area contributed by atoms with Crippen molar-refractivity contribution in [2.45, 2.75) is 180 Å². The summed E-state index contributed by atoms with van der Waals surface area (Å²) in [7, 11) is -4.65. The second-order valence-electron chi connectivity index (χ2n) is 14.7. The second-order valence-corrected chi connectivity index (χ2v) is 16.2. The Kier molecular flexibility index (Phi) is 34.4. The minimum absolute atomic E-state index is 0.0955. The highest BCUT2D eigenvalue weighted by Crippen LogP contribution is 2.43. The van der Waals surface area contributed by atoms with E-state index in [2.05, 4.69) is 79.1 Å². The largest absolute Gasteiger partial charge is 0.472 e. The second kappa shape index (κ2) is 37.4. The van der Waals surface area contributed by atoms with Gasteiger partial charge < -0.3 is 29.3 Å². The number of unbranched alkanes of at least 4 members (excludes halogenated alkanes) is 10. The van der Waals surface area contributed by atoms with Crippen molar-refractivity contribution in [3.63, 3.8) is 0 Å². The van der Waals surface area contributed by atoms with Crippen LogP contribution in [0.25, 0.3) is 0 Å². The summed E-state index contributed by atoms with van der Waals surface area (Å²) in [6.07, 6.45) is 44.7. The number of hydrogen-bond donors (Lipinski definition) is 3. The van der Waals surface area contributed by atoms with Crippen molar-refractivity contribution in [2.24, 2.45) is 0 Å². The van der Waals surface area contributed by atoms with Gasteiger partial charge in [-0.25, -0.2) is 4.57 Å². The molecule has 1 saturated heterocycles. The molecule has 12 heteroatoms. The van der Waals surface area contributed by atoms with E-state index in [0.29, 0.717) is 31.5 Å². The lowest BCUT2D eigenvalue weighted by Gasteiger charge is -2.20. The van der Waals surface area contributed by atoms with Gasteiger partial charge in [0.15, 0.2) is 6.10 Å². The van der Waals surface area contributed by atoms with Crippen molar-refractivity contribution in [2.75, 3.05) is 26.4 Å². The molecule has 0 saturated carbocycles. The van der Waals surface area contributed by atoms with Crippen LogP contribution in [-0.4, -0.2) is 77.9 Å². The highest BCUT2D eigenvalue weighted by atomic mass is 31.2. The molecule has 0 spiro atoms. The van der Waals surface area contributed by atoms with Gasteiger partial charge in [0.25, 0.3) is 0 Å². The van der Waals surface area contributed by atoms with Crippen molar-refractivity contribution < 1.29 is 52.5 Å². The van der Waals surface area contributed by atoms with Crippen molar-refractivity contribution in [3.05, 3.63) is 72.9 Å². The third kappa shape index (κ3) is 34.3. The molecule has 1 heterocycles. The van der Waals surface area contributed by atoms with Crippen molar-refractivity contribution >= 4 is 19.8 Å². The van der Waals surface area contributed by atoms with E-state index >= 15 is 0 Å². The molecule has 1 rings (SSSR count). The first-order valence-corrected chi connectivity index (χ1v) is 23.5. The molecule has 0 aromatic carbocycles. The topological polar surface area (TPSA) is 161 Å². The number of aliphatic hydroxyl groups excluding tert-OH is 2. The molecule has 0 amide bonds. The number of hydrogen-bond acceptors (Lipinski definition) is 10. The average Bonchev–Trinajstić information content (AvgIpc) is 3.97. The monoisotopic (exact) mass is 837 g/mol. The molecule has 0 aromatic heterocycles. The molecule has 58 heavy (non-hydrogen) atoms. The van der Waals surface area contributed by atoms with E-state index in [9.17, 15) is 24.2 Å². The predicted molar refractivity (Wildman–Crippen MR) is 232 cm³/mol. The number of allylic oxidation sites excluding steroid dienone is 11. The number of ether oxygens (including phenoxy) is 3. The Morgan fingerprint density at radius 1 is 0.621 bits per heavy atom. The Labute approximate surface area is 350 Å². The number of esters is 2. The summed E-state index contributed by atoms with van der Waals surface area (Å²) in [4.78, 5) is 35.0. The molecule has 0 radical (unpaired) electrons. The summed E-state index contributed by atoms with van der Waals surface area (Å²) < 4.78 is 38.4. The first-order chi connectivity index (χ1) is 28.2. The number of epoxide rings is 1. The van der Waals surface area contributed by atoms with Gasteiger partial charge in [0, 0.05) is 12.8 Å². The fraction of sp³-hybridized carbons (Fsp3) is 0.696. The molecular formula is C46H77O11P. The summed E-state index contributed by atoms with van der Waals surface area (Å²) >= 11 is 0. The quantitative estimate of drug-likeness (QED) is 0.0178. The third-order valence-corrected chi connectivity index (χ3v) is 10.2. The van der Waals surface area contributed by atoms with Gasteiger partial charge in [-0.3, -0.25) is 18.6 Å². The Hall–Kier alpha value is -2.63. The average molecular weight is 837 g/mol. The number of carbonyl (C=O) groups excluding carboxylic acids is 2. The first kappa shape index (κ1) is 53.4. The summed E-state index contributed by atoms with van der Waals surface area (Å²) in [5.41, 5.74) is 0. The van der Waals surface area contributed by atoms with E-state index in [1.54, 1.807) is 0 Å². The zero-order valence-corrected chi connectivity index (χ0v) is 36.6. The normalized spacial score (nSPS) is 18.0. The van der Waals surface area contributed by atoms with Crippen LogP contribution in [-0.2, 0) is 37.4 Å². The fourth-order valence-electron chi connectivity index (χ4n) is 5.73. The van der Waals surface area contributed by atoms with E-state index in [-0.39, 0.29) is 19.4 Å². The Morgan fingerprint density at radius 3 is 1.76 bits per heavy atom. The Bertz CT molecular complexity index is 1260. The van der Waals surface area contributed by atoms with Gasteiger partial charge in [0.05, 0.1) is 32.0 Å². The molecule has 0 aliphatic carbocycles. The lowest BCUT2D eigenvalue weighted by atomic mass is 10.1. The molecule has 3 unspecified atom stereocenters. The molecule has 3 N–H and O–H groups in total. The van der Waals surface area contributed by atoms with Gasteiger partial charge in [-0.05, 0) is 83.5 Å². The van der Waals surface area contributed by atoms with E-state index in [1.165, 1.54) is 44.9 Å². The van der Waals surface area contributed by atoms with Gasteiger partial charge >= 0.3 is 19.8 Å². The molecule has 0 aromatic rings. The zero-order chi connectivity index (χ0) is 42.4. The molecule has 5 atom stereocenters. The van der Waals surface area contributed by atoms with Crippen LogP contribution in [0.15, 0.2) is 72.9 Å². The lowest BCUT2D eigenvalue weighted by Crippen LogP contribution is -2.29. The van der Waals surface area contributed by atoms with Crippen molar-refractivity contribution in [1.29, 1.82) is 0 Å². The van der Waals surface area contributed by atoms with Crippen LogP contribution in [0.3, 0.4) is 0 Å². The maximum atomic E-state index is 12.6. The molecule has 11 nitrogen and oxygen atoms in total. The van der Waals surface area contributed by atoms with E-state index in [4.69, 9.17) is 23.8 Å². The molecule has 332 valence electrons. The van der Waals surface area contributed by atoms with E-state index < -0.39 is 51.8 Å². The number of rotatable bonds is 39. The van der Waals surface area contributed by atoms with Crippen molar-refractivity contribution in [3.8, 4) is 0 Å². The molecule has 0 bridgehead atoms. The molecule has 1 aliphatic heterocycles. The molecule has 1 fully saturated rings. The summed E-state index contributed by atoms with van der Waals surface area (Å²) in [6, 6.07) is 0. The SMILES string of the molecule is CCCCC/C=C\C/C=C\C/C=C\CCCCCCC(=O)OC[C@H](COP(=O)(O)OC[C@@H](O)CO)OC(=O)CCC/C=C\C/C=C\C/C=C\CC1OC1CCCCC. The van der Waals surface area contributed by atoms with Crippen molar-refractivity contribution in [1.82, 2.24) is 0 Å². The number of phosphoric acid groups is 1. The molecule has 1 aliphatic rings. The van der Waals surface area contributed by atoms with Crippen LogP contribution in [0, 0.1) is 0 Å². The maximum absolute atomic E-state index is 12.6. The van der Waals surface area contributed by atoms with Gasteiger partial charge in [-0.2, -0.15) is 0 Å². The zero-order valence-electron chi connectivity index (χ0n) is 35.7. The number of aliphatic hydroxyl groups is 2. The summed E-state index contributed by atoms with van der Waals surface area (Å²) in [5.74, 6) is -1.03. The van der Waals surface area contributed by atoms with Crippen LogP contribution in [0.4, 0.5) is 0 Å². The van der Waals surface area contributed by atoms with Crippen LogP contribution < -0.4 is 0 Å². The fourth-order valence-corrected chi connectivity index (χ4v) is 6.52. The highest BCUT2D eigenvalue weighted by molar-refractivity contribution is 7.47. The minimum Gasteiger partial charge on any atom is -0.462 e. The van der Waals surface area contributed by atoms with Gasteiger partial charge in [0.2, 0.25) is 0 Å². The Morgan fingerprint density at radius 2 is 1.14 bits per heavy atom. The highest BCUT2D eigenvalue weighted by Gasteiger charge is 2.36. The van der Waals surface area contributed by atoms with Gasteiger partial charge in [0.1, 0.15) is 12.7 Å². The summed E-state index contributed by atoms with van der Waals surface area (Å²) in [5, 5.41) is 18.3. The molecular weight excluding hydrogens is 759 g/mol. The third-order valence-electron chi connectivity index (χ3n) is 9.26.